The molecule has 3 amide bonds. The first kappa shape index (κ1) is 22.3. The molecule has 3 aliphatic rings. The fourth-order valence-electron chi connectivity index (χ4n) is 4.83. The third-order valence-corrected chi connectivity index (χ3v) is 6.34. The Balaban J connectivity index is 1.40. The van der Waals surface area contributed by atoms with Gasteiger partial charge in [0.1, 0.15) is 17.7 Å². The molecule has 0 saturated carbocycles. The number of ether oxygens (including phenoxy) is 1. The van der Waals surface area contributed by atoms with Crippen LogP contribution in [0.1, 0.15) is 64.5 Å². The van der Waals surface area contributed by atoms with Gasteiger partial charge in [-0.2, -0.15) is 4.98 Å². The minimum absolute atomic E-state index is 0.0257. The molecule has 0 radical (unpaired) electrons. The van der Waals surface area contributed by atoms with Crippen LogP contribution in [0.3, 0.4) is 0 Å². The Hall–Kier alpha value is -2.91. The lowest BCUT2D eigenvalue weighted by Gasteiger charge is -2.42. The van der Waals surface area contributed by atoms with Gasteiger partial charge in [0.15, 0.2) is 0 Å². The van der Waals surface area contributed by atoms with E-state index in [1.54, 1.807) is 36.6 Å². The number of nitrogens with zero attached hydrogens (tertiary/aromatic N) is 4. The fourth-order valence-corrected chi connectivity index (χ4v) is 4.83. The van der Waals surface area contributed by atoms with Crippen LogP contribution in [0.25, 0.3) is 0 Å². The Morgan fingerprint density at radius 2 is 1.94 bits per heavy atom. The summed E-state index contributed by atoms with van der Waals surface area (Å²) < 4.78 is 5.32. The van der Waals surface area contributed by atoms with E-state index in [1.807, 2.05) is 0 Å². The Kier molecular flexibility index (Phi) is 5.96. The molecule has 10 heteroatoms. The predicted octanol–water partition coefficient (Wildman–Crippen LogP) is 1.54. The van der Waals surface area contributed by atoms with Gasteiger partial charge in [-0.05, 0) is 58.9 Å². The number of aromatic hydroxyl groups is 1. The van der Waals surface area contributed by atoms with Crippen molar-refractivity contribution in [2.45, 2.75) is 82.5 Å². The quantitative estimate of drug-likeness (QED) is 0.723. The summed E-state index contributed by atoms with van der Waals surface area (Å²) in [6.45, 7) is 6.32. The number of likely N-dealkylation sites (tertiary alicyclic amines) is 1. The number of carbonyl (C=O) groups excluding carboxylic acids is 3. The molecule has 10 nitrogen and oxygen atoms in total. The molecule has 0 unspecified atom stereocenters. The lowest BCUT2D eigenvalue weighted by atomic mass is 9.94. The van der Waals surface area contributed by atoms with E-state index in [9.17, 15) is 19.5 Å². The molecule has 3 fully saturated rings. The highest BCUT2D eigenvalue weighted by atomic mass is 16.6. The summed E-state index contributed by atoms with van der Waals surface area (Å²) in [6, 6.07) is 0.301. The first-order valence-electron chi connectivity index (χ1n) is 11.2. The van der Waals surface area contributed by atoms with Gasteiger partial charge in [0.2, 0.25) is 11.8 Å². The van der Waals surface area contributed by atoms with Crippen LogP contribution in [0.5, 0.6) is 6.01 Å². The van der Waals surface area contributed by atoms with Crippen LogP contribution in [-0.2, 0) is 14.3 Å². The largest absolute Gasteiger partial charge is 0.479 e. The second-order valence-corrected chi connectivity index (χ2v) is 9.84. The molecule has 3 atom stereocenters. The summed E-state index contributed by atoms with van der Waals surface area (Å²) in [5.41, 5.74) is 0.0550. The normalized spacial score (nSPS) is 26.2. The van der Waals surface area contributed by atoms with Crippen LogP contribution in [0, 0.1) is 0 Å². The van der Waals surface area contributed by atoms with E-state index in [-0.39, 0.29) is 29.8 Å². The van der Waals surface area contributed by atoms with Gasteiger partial charge in [0, 0.05) is 31.2 Å². The minimum Gasteiger partial charge on any atom is -0.479 e. The van der Waals surface area contributed by atoms with E-state index in [1.165, 1.54) is 6.20 Å². The minimum atomic E-state index is -0.684. The van der Waals surface area contributed by atoms with Crippen molar-refractivity contribution in [3.05, 3.63) is 18.0 Å². The molecule has 32 heavy (non-hydrogen) atoms. The average Bonchev–Trinajstić information content (AvgIpc) is 3.01. The van der Waals surface area contributed by atoms with Crippen molar-refractivity contribution in [2.75, 3.05) is 13.1 Å². The number of amides is 3. The predicted molar refractivity (Wildman–Crippen MR) is 114 cm³/mol. The maximum Gasteiger partial charge on any atom is 0.408 e. The van der Waals surface area contributed by atoms with Crippen LogP contribution < -0.4 is 5.32 Å². The summed E-state index contributed by atoms with van der Waals surface area (Å²) in [7, 11) is 0. The molecular formula is C22H31N5O5. The zero-order valence-corrected chi connectivity index (χ0v) is 18.8. The molecule has 3 saturated heterocycles. The summed E-state index contributed by atoms with van der Waals surface area (Å²) in [5, 5.41) is 12.2. The third kappa shape index (κ3) is 4.63. The number of carbonyl (C=O) groups is 3. The fraction of sp³-hybridized carbons (Fsp3) is 0.682. The standard InChI is InChI=1S/C22H31N5O5/c1-22(2,3)32-21(31)25-16-6-4-5-14-7-8-17(27(14)18(16)28)19(29)26-11-13(12-26)15-9-10-23-20(30)24-15/h9-10,13-14,16-17H,4-8,11-12H2,1-3H3,(H,25,31)(H,23,24,30)/t14-,16-,17-/m0/s1. The lowest BCUT2D eigenvalue weighted by molar-refractivity contribution is -0.148. The molecule has 0 spiro atoms. The van der Waals surface area contributed by atoms with E-state index < -0.39 is 23.8 Å². The number of hydrogen-bond donors (Lipinski definition) is 2. The number of nitrogens with one attached hydrogen (secondary N) is 1. The van der Waals surface area contributed by atoms with Crippen molar-refractivity contribution >= 4 is 17.9 Å². The molecule has 4 heterocycles. The van der Waals surface area contributed by atoms with E-state index in [4.69, 9.17) is 4.74 Å². The second kappa shape index (κ2) is 8.55. The number of fused-ring (bicyclic) bond motifs is 1. The van der Waals surface area contributed by atoms with Crippen LogP contribution in [0.15, 0.2) is 12.3 Å². The van der Waals surface area contributed by atoms with Gasteiger partial charge >= 0.3 is 12.1 Å². The summed E-state index contributed by atoms with van der Waals surface area (Å²) >= 11 is 0. The van der Waals surface area contributed by atoms with Crippen molar-refractivity contribution in [1.82, 2.24) is 25.1 Å². The van der Waals surface area contributed by atoms with Gasteiger partial charge in [-0.1, -0.05) is 0 Å². The molecule has 174 valence electrons. The van der Waals surface area contributed by atoms with Crippen molar-refractivity contribution in [3.63, 3.8) is 0 Å². The van der Waals surface area contributed by atoms with Gasteiger partial charge < -0.3 is 25.0 Å². The molecule has 3 aliphatic heterocycles. The van der Waals surface area contributed by atoms with Crippen molar-refractivity contribution < 1.29 is 24.2 Å². The SMILES string of the molecule is CC(C)(C)OC(=O)N[C@H]1CCC[C@H]2CC[C@@H](C(=O)N3CC(c4ccnc(O)n4)C3)N2C1=O. The van der Waals surface area contributed by atoms with Gasteiger partial charge in [-0.15, -0.1) is 0 Å². The van der Waals surface area contributed by atoms with Gasteiger partial charge in [-0.25, -0.2) is 9.78 Å². The summed E-state index contributed by atoms with van der Waals surface area (Å²) in [5.74, 6) is -0.216. The Bertz CT molecular complexity index is 895. The average molecular weight is 446 g/mol. The van der Waals surface area contributed by atoms with Crippen molar-refractivity contribution in [2.24, 2.45) is 0 Å². The van der Waals surface area contributed by atoms with E-state index in [2.05, 4.69) is 15.3 Å². The lowest BCUT2D eigenvalue weighted by Crippen LogP contribution is -2.58. The summed E-state index contributed by atoms with van der Waals surface area (Å²) in [6.07, 6.45) is 4.46. The van der Waals surface area contributed by atoms with Crippen LogP contribution in [-0.4, -0.2) is 79.6 Å². The van der Waals surface area contributed by atoms with Gasteiger partial charge in [0.25, 0.3) is 0 Å². The highest BCUT2D eigenvalue weighted by Crippen LogP contribution is 2.35. The topological polar surface area (TPSA) is 125 Å². The smallest absolute Gasteiger partial charge is 0.408 e. The zero-order valence-electron chi connectivity index (χ0n) is 18.8. The first-order chi connectivity index (χ1) is 15.1. The first-order valence-corrected chi connectivity index (χ1v) is 11.2. The molecule has 2 N–H and O–H groups in total. The van der Waals surface area contributed by atoms with Crippen molar-refractivity contribution in [3.8, 4) is 6.01 Å². The molecule has 0 bridgehead atoms. The van der Waals surface area contributed by atoms with Gasteiger partial charge in [-0.3, -0.25) is 9.59 Å². The number of alkyl carbamates (subject to hydrolysis) is 1. The van der Waals surface area contributed by atoms with Crippen molar-refractivity contribution in [1.29, 1.82) is 0 Å². The highest BCUT2D eigenvalue weighted by molar-refractivity contribution is 5.92. The second-order valence-electron chi connectivity index (χ2n) is 9.84. The van der Waals surface area contributed by atoms with E-state index >= 15 is 0 Å². The Morgan fingerprint density at radius 1 is 1.19 bits per heavy atom. The molecule has 1 aromatic rings. The zero-order chi connectivity index (χ0) is 23.0. The van der Waals surface area contributed by atoms with E-state index in [0.717, 1.165) is 19.3 Å². The number of hydrogen-bond acceptors (Lipinski definition) is 7. The number of rotatable bonds is 3. The molecular weight excluding hydrogens is 414 g/mol. The molecule has 1 aromatic heterocycles. The molecule has 4 rings (SSSR count). The van der Waals surface area contributed by atoms with Crippen LogP contribution in [0.2, 0.25) is 0 Å². The van der Waals surface area contributed by atoms with E-state index in [0.29, 0.717) is 31.6 Å². The number of aromatic nitrogens is 2. The maximum absolute atomic E-state index is 13.3. The Labute approximate surface area is 187 Å². The monoisotopic (exact) mass is 445 g/mol. The van der Waals surface area contributed by atoms with Gasteiger partial charge in [0.05, 0.1) is 5.69 Å². The Morgan fingerprint density at radius 3 is 2.62 bits per heavy atom. The highest BCUT2D eigenvalue weighted by Gasteiger charge is 2.47. The third-order valence-electron chi connectivity index (χ3n) is 6.34. The van der Waals surface area contributed by atoms with Crippen LogP contribution >= 0.6 is 0 Å². The van der Waals surface area contributed by atoms with Crippen LogP contribution in [0.4, 0.5) is 4.79 Å². The molecule has 0 aliphatic carbocycles. The summed E-state index contributed by atoms with van der Waals surface area (Å²) in [4.78, 5) is 50.0. The maximum atomic E-state index is 13.3. The molecule has 0 aromatic carbocycles.